The lowest BCUT2D eigenvalue weighted by Crippen LogP contribution is -2.31. The Morgan fingerprint density at radius 3 is 0.506 bits per heavy atom. The molecule has 0 bridgehead atoms. The average molecular weight is 1450 g/mol. The Kier molecular flexibility index (Phi) is 199. The summed E-state index contributed by atoms with van der Waals surface area (Å²) in [6.07, 6.45) is 13.7. The van der Waals surface area contributed by atoms with Gasteiger partial charge in [-0.05, 0) is 47.5 Å². The zero-order valence-corrected chi connectivity index (χ0v) is 63.6. The number of aliphatic hydroxyl groups excluding tert-OH is 1. The third-order valence-electron chi connectivity index (χ3n) is 4.43. The molecule has 0 heterocycles. The number of carbonyl (C=O) groups excluding carboxylic acids is 6. The molecular formula is C54H136N6O22S7. The van der Waals surface area contributed by atoms with E-state index in [0.29, 0.717) is 3.71 Å². The number of hydrogen-bond donors (Lipinski definition) is 1. The molecule has 0 aliphatic rings. The monoisotopic (exact) mass is 1440 g/mol. The molecule has 0 rings (SSSR count). The van der Waals surface area contributed by atoms with E-state index in [2.05, 4.69) is 91.3 Å². The van der Waals surface area contributed by atoms with Crippen LogP contribution in [0.5, 0.6) is 0 Å². The third kappa shape index (κ3) is 443. The predicted molar refractivity (Wildman–Crippen MR) is 390 cm³/mol. The SMILES string of the molecule is C.C.C.C.C=C.C=C.C=C.C=C.C=C.C=CO.CC(=O)N(C)C.CC(=O)N(C)C.CC(C)=O.CN(C)C.CN(C)S(C)(=O)=O.CN(C)S(C)(=O)=O.CN(S(C)(=O)=O)S(C)(=O)=O.COC(=O)OC.COC(C)=O.COC(C)=O.CS(C)(=O)=O.CS(C)=O.CSC. The number of thioether (sulfide) groups is 1. The topological polar surface area (TPSA) is 367 Å². The molecule has 35 heteroatoms. The lowest BCUT2D eigenvalue weighted by atomic mass is 10.6. The van der Waals surface area contributed by atoms with Crippen molar-refractivity contribution in [3.05, 3.63) is 78.6 Å². The van der Waals surface area contributed by atoms with Crippen molar-refractivity contribution >= 4 is 108 Å². The largest absolute Gasteiger partial charge is 0.516 e. The Balaban J connectivity index is -0.0000000249. The van der Waals surface area contributed by atoms with E-state index < -0.39 is 66.9 Å². The van der Waals surface area contributed by atoms with E-state index in [9.17, 15) is 75.1 Å². The molecular weight excluding hydrogens is 1310 g/mol. The van der Waals surface area contributed by atoms with E-state index in [1.165, 1.54) is 108 Å². The summed E-state index contributed by atoms with van der Waals surface area (Å²) < 4.78 is 131. The van der Waals surface area contributed by atoms with Crippen LogP contribution in [0.4, 0.5) is 4.79 Å². The van der Waals surface area contributed by atoms with Gasteiger partial charge in [0.15, 0.2) is 0 Å². The molecule has 0 atom stereocenters. The number of aliphatic hydroxyl groups is 1. The first-order valence-electron chi connectivity index (χ1n) is 22.3. The second-order valence-corrected chi connectivity index (χ2v) is 27.8. The van der Waals surface area contributed by atoms with Crippen LogP contribution in [-0.2, 0) is 104 Å². The van der Waals surface area contributed by atoms with Crippen molar-refractivity contribution in [3.63, 3.8) is 0 Å². The number of amides is 2. The van der Waals surface area contributed by atoms with Crippen LogP contribution in [-0.4, -0.2) is 290 Å². The zero-order chi connectivity index (χ0) is 75.2. The van der Waals surface area contributed by atoms with Crippen LogP contribution in [0.15, 0.2) is 78.6 Å². The van der Waals surface area contributed by atoms with Crippen molar-refractivity contribution in [2.24, 2.45) is 0 Å². The van der Waals surface area contributed by atoms with Crippen LogP contribution in [0.25, 0.3) is 0 Å². The molecule has 0 aromatic carbocycles. The molecule has 0 radical (unpaired) electrons. The molecule has 0 saturated heterocycles. The van der Waals surface area contributed by atoms with Crippen molar-refractivity contribution in [1.82, 2.24) is 27.0 Å². The van der Waals surface area contributed by atoms with Crippen molar-refractivity contribution in [2.75, 3.05) is 176 Å². The number of sulfonamides is 4. The minimum atomic E-state index is -3.62. The fourth-order valence-electron chi connectivity index (χ4n) is 0.329. The van der Waals surface area contributed by atoms with Crippen LogP contribution in [0.2, 0.25) is 0 Å². The fraction of sp³-hybridized carbons (Fsp3) is 0.667. The Morgan fingerprint density at radius 2 is 0.506 bits per heavy atom. The Bertz CT molecular complexity index is 1950. The summed E-state index contributed by atoms with van der Waals surface area (Å²) in [5, 5.41) is 7.33. The number of rotatable bonds is 4. The number of ketones is 1. The third-order valence-corrected chi connectivity index (χ3v) is 10.6. The molecule has 0 aliphatic heterocycles. The van der Waals surface area contributed by atoms with Crippen LogP contribution in [0, 0.1) is 0 Å². The number of sulfone groups is 1. The normalized spacial score (nSPS) is 8.15. The summed E-state index contributed by atoms with van der Waals surface area (Å²) in [7, 11) is 8.76. The lowest BCUT2D eigenvalue weighted by molar-refractivity contribution is -0.138. The highest BCUT2D eigenvalue weighted by atomic mass is 32.3. The van der Waals surface area contributed by atoms with Gasteiger partial charge < -0.3 is 43.5 Å². The first-order chi connectivity index (χ1) is 37.7. The van der Waals surface area contributed by atoms with Crippen molar-refractivity contribution < 1.29 is 99.1 Å². The summed E-state index contributed by atoms with van der Waals surface area (Å²) in [5.74, 6) is -0.139. The maximum absolute atomic E-state index is 10.5. The first-order valence-corrected chi connectivity index (χ1v) is 35.6. The minimum absolute atomic E-state index is 0. The first kappa shape index (κ1) is 156. The van der Waals surface area contributed by atoms with Gasteiger partial charge in [-0.1, -0.05) is 40.0 Å². The second kappa shape index (κ2) is 114. The van der Waals surface area contributed by atoms with E-state index in [1.807, 2.05) is 38.6 Å². The van der Waals surface area contributed by atoms with Gasteiger partial charge in [-0.2, -0.15) is 11.8 Å². The van der Waals surface area contributed by atoms with Crippen LogP contribution in [0.1, 0.15) is 71.2 Å². The number of nitrogens with zero attached hydrogens (tertiary/aromatic N) is 6. The standard InChI is InChI=1S/2C4H9NO.C3H9NO4S2.2C3H9NO2S.C3H9N.C3H6O3.2C3H6O2.C3H6O.C2H6O2S.C2H6OS.C2H4O.C2H6S.5C2H4.4CH4/c2*1-4(6)5(2)3;1-4(9(2,5)6)10(3,7)8;2*1-4(2)7(3,5)6;1-4(2)3;1-5-3(4)6-2;2*1-3(4)5-2;1-3(2)4;1-5(2,3)4;1-4(2)3;1-2-3;1-3-2;5*1-2;;;;/h2*1-3H3;1-3H3;2*1-3H3;1-3H3;1-2H3;2*1-2H3;1-2H3;1-2H3;1-2H3;2-3H,1H2;1-2H3;5*1-2H2;4*1H4. The second-order valence-electron chi connectivity index (χ2n) is 14.6. The predicted octanol–water partition coefficient (Wildman–Crippen LogP) is 7.45. The Morgan fingerprint density at radius 1 is 0.427 bits per heavy atom. The van der Waals surface area contributed by atoms with Gasteiger partial charge in [0.2, 0.25) is 51.9 Å². The molecule has 0 aromatic heterocycles. The molecule has 0 aliphatic carbocycles. The summed E-state index contributed by atoms with van der Waals surface area (Å²) in [6.45, 7) is 41.8. The molecule has 0 fully saturated rings. The highest BCUT2D eigenvalue weighted by Gasteiger charge is 2.20. The Labute approximate surface area is 556 Å². The summed E-state index contributed by atoms with van der Waals surface area (Å²) in [4.78, 5) is 63.6. The summed E-state index contributed by atoms with van der Waals surface area (Å²) in [6, 6.07) is 0. The maximum Gasteiger partial charge on any atom is 0.507 e. The van der Waals surface area contributed by atoms with Gasteiger partial charge in [0.05, 0.1) is 59.7 Å². The van der Waals surface area contributed by atoms with Crippen molar-refractivity contribution in [3.8, 4) is 0 Å². The molecule has 0 saturated carbocycles. The molecule has 1 N–H and O–H groups in total. The number of ether oxygens (including phenoxy) is 4. The number of hydrogen-bond acceptors (Lipinski definition) is 24. The van der Waals surface area contributed by atoms with E-state index in [4.69, 9.17) is 5.11 Å². The van der Waals surface area contributed by atoms with E-state index in [-0.39, 0.29) is 59.2 Å². The van der Waals surface area contributed by atoms with Gasteiger partial charge in [0.1, 0.15) is 15.6 Å². The Hall–Kier alpha value is -4.85. The smallest absolute Gasteiger partial charge is 0.507 e. The highest BCUT2D eigenvalue weighted by molar-refractivity contribution is 8.03. The maximum atomic E-state index is 10.5. The molecule has 28 nitrogen and oxygen atoms in total. The van der Waals surface area contributed by atoms with Gasteiger partial charge in [-0.3, -0.25) is 23.4 Å². The lowest BCUT2D eigenvalue weighted by Gasteiger charge is -2.09. The molecule has 0 spiro atoms. The highest BCUT2D eigenvalue weighted by Crippen LogP contribution is 1.98. The summed E-state index contributed by atoms with van der Waals surface area (Å²) in [5.41, 5.74) is 0. The van der Waals surface area contributed by atoms with Gasteiger partial charge in [0.25, 0.3) is 0 Å². The number of Topliss-reactive ketones (excluding diaryl/α,β-unsaturated/α-hetero) is 1. The summed E-state index contributed by atoms with van der Waals surface area (Å²) >= 11 is 1.75. The van der Waals surface area contributed by atoms with Crippen molar-refractivity contribution in [2.45, 2.75) is 71.2 Å². The van der Waals surface area contributed by atoms with Crippen LogP contribution in [0.3, 0.4) is 0 Å². The van der Waals surface area contributed by atoms with Crippen LogP contribution >= 0.6 is 11.8 Å². The molecule has 556 valence electrons. The quantitative estimate of drug-likeness (QED) is 0.123. The van der Waals surface area contributed by atoms with E-state index in [1.54, 1.807) is 52.5 Å². The zero-order valence-electron chi connectivity index (χ0n) is 57.9. The molecule has 0 unspecified atom stereocenters. The van der Waals surface area contributed by atoms with E-state index >= 15 is 0 Å². The van der Waals surface area contributed by atoms with Gasteiger partial charge in [-0.15, -0.1) is 65.8 Å². The van der Waals surface area contributed by atoms with Gasteiger partial charge in [-0.25, -0.2) is 55.5 Å². The average Bonchev–Trinajstić information content (AvgIpc) is 3.33. The van der Waals surface area contributed by atoms with Gasteiger partial charge in [0, 0.05) is 127 Å². The number of esters is 2. The van der Waals surface area contributed by atoms with E-state index in [0.717, 1.165) is 59.5 Å². The minimum Gasteiger partial charge on any atom is -0.516 e. The molecule has 0 aromatic rings. The fourth-order valence-corrected chi connectivity index (χ4v) is 2.30. The van der Waals surface area contributed by atoms with Gasteiger partial charge >= 0.3 is 18.1 Å². The molecule has 2 amide bonds. The number of carbonyl (C=O) groups is 6. The number of methoxy groups -OCH3 is 4. The van der Waals surface area contributed by atoms with Crippen molar-refractivity contribution in [1.29, 1.82) is 0 Å². The molecule has 89 heavy (non-hydrogen) atoms. The van der Waals surface area contributed by atoms with Crippen LogP contribution < -0.4 is 0 Å².